The third kappa shape index (κ3) is 1.84. The van der Waals surface area contributed by atoms with Crippen molar-refractivity contribution in [2.45, 2.75) is 12.8 Å². The second kappa shape index (κ2) is 4.23. The first-order chi connectivity index (χ1) is 7.70. The molecule has 1 atom stereocenters. The number of carbonyl (C=O) groups is 1. The summed E-state index contributed by atoms with van der Waals surface area (Å²) in [7, 11) is 0. The van der Waals surface area contributed by atoms with Crippen molar-refractivity contribution in [1.82, 2.24) is 0 Å². The van der Waals surface area contributed by atoms with Crippen molar-refractivity contribution < 1.29 is 14.3 Å². The van der Waals surface area contributed by atoms with Crippen molar-refractivity contribution in [3.05, 3.63) is 59.5 Å². The summed E-state index contributed by atoms with van der Waals surface area (Å²) in [4.78, 5) is 11.1. The maximum atomic E-state index is 11.1. The van der Waals surface area contributed by atoms with Crippen molar-refractivity contribution in [1.29, 1.82) is 0 Å². The molecule has 3 nitrogen and oxygen atoms in total. The van der Waals surface area contributed by atoms with Gasteiger partial charge in [0, 0.05) is 5.92 Å². The Morgan fingerprint density at radius 3 is 2.62 bits per heavy atom. The van der Waals surface area contributed by atoms with Crippen LogP contribution in [-0.4, -0.2) is 11.1 Å². The average Bonchev–Trinajstić information content (AvgIpc) is 2.81. The highest BCUT2D eigenvalue weighted by Crippen LogP contribution is 2.27. The van der Waals surface area contributed by atoms with Crippen LogP contribution in [0.2, 0.25) is 0 Å². The summed E-state index contributed by atoms with van der Waals surface area (Å²) in [5.41, 5.74) is 1.09. The van der Waals surface area contributed by atoms with Crippen LogP contribution < -0.4 is 0 Å². The van der Waals surface area contributed by atoms with Crippen LogP contribution in [0.1, 0.15) is 34.5 Å². The van der Waals surface area contributed by atoms with Gasteiger partial charge in [0.05, 0.1) is 11.8 Å². The third-order valence-electron chi connectivity index (χ3n) is 2.63. The molecule has 0 spiro atoms. The van der Waals surface area contributed by atoms with Crippen LogP contribution in [-0.2, 0) is 0 Å². The summed E-state index contributed by atoms with van der Waals surface area (Å²) in [5, 5.41) is 9.08. The summed E-state index contributed by atoms with van der Waals surface area (Å²) in [6.45, 7) is 1.93. The third-order valence-corrected chi connectivity index (χ3v) is 2.63. The van der Waals surface area contributed by atoms with Gasteiger partial charge in [-0.3, -0.25) is 0 Å². The lowest BCUT2D eigenvalue weighted by Crippen LogP contribution is -2.05. The fraction of sp³-hybridized carbons (Fsp3) is 0.154. The molecule has 1 heterocycles. The van der Waals surface area contributed by atoms with Gasteiger partial charge in [-0.15, -0.1) is 0 Å². The summed E-state index contributed by atoms with van der Waals surface area (Å²) in [6, 6.07) is 10.6. The van der Waals surface area contributed by atoms with Gasteiger partial charge < -0.3 is 9.52 Å². The van der Waals surface area contributed by atoms with E-state index < -0.39 is 5.97 Å². The molecule has 2 aromatic rings. The van der Waals surface area contributed by atoms with E-state index in [0.717, 1.165) is 11.3 Å². The van der Waals surface area contributed by atoms with Crippen LogP contribution in [0.25, 0.3) is 0 Å². The molecule has 0 unspecified atom stereocenters. The minimum absolute atomic E-state index is 0.0534. The van der Waals surface area contributed by atoms with Gasteiger partial charge in [-0.25, -0.2) is 4.79 Å². The SMILES string of the molecule is C[C@H](c1ccco1)c1ccccc1C(=O)O. The van der Waals surface area contributed by atoms with E-state index in [1.165, 1.54) is 0 Å². The molecule has 0 amide bonds. The maximum Gasteiger partial charge on any atom is 0.335 e. The lowest BCUT2D eigenvalue weighted by Gasteiger charge is -2.11. The highest BCUT2D eigenvalue weighted by atomic mass is 16.4. The quantitative estimate of drug-likeness (QED) is 0.857. The van der Waals surface area contributed by atoms with Gasteiger partial charge >= 0.3 is 5.97 Å². The van der Waals surface area contributed by atoms with Crippen LogP contribution in [0.3, 0.4) is 0 Å². The molecule has 0 aliphatic carbocycles. The van der Waals surface area contributed by atoms with E-state index in [1.54, 1.807) is 24.5 Å². The van der Waals surface area contributed by atoms with Crippen molar-refractivity contribution in [3.8, 4) is 0 Å². The molecular weight excluding hydrogens is 204 g/mol. The number of hydrogen-bond acceptors (Lipinski definition) is 2. The Hall–Kier alpha value is -2.03. The molecule has 82 valence electrons. The zero-order valence-corrected chi connectivity index (χ0v) is 8.88. The molecule has 0 saturated heterocycles. The Morgan fingerprint density at radius 1 is 1.25 bits per heavy atom. The number of carboxylic acid groups (broad SMARTS) is 1. The van der Waals surface area contributed by atoms with Crippen LogP contribution in [0.4, 0.5) is 0 Å². The van der Waals surface area contributed by atoms with Crippen LogP contribution in [0.5, 0.6) is 0 Å². The Labute approximate surface area is 93.3 Å². The molecule has 1 aromatic carbocycles. The van der Waals surface area contributed by atoms with Gasteiger partial charge in [-0.2, -0.15) is 0 Å². The van der Waals surface area contributed by atoms with Gasteiger partial charge in [0.25, 0.3) is 0 Å². The monoisotopic (exact) mass is 216 g/mol. The Bertz CT molecular complexity index is 486. The first kappa shape index (κ1) is 10.5. The van der Waals surface area contributed by atoms with Crippen molar-refractivity contribution in [2.75, 3.05) is 0 Å². The van der Waals surface area contributed by atoms with Gasteiger partial charge in [-0.05, 0) is 23.8 Å². The first-order valence-electron chi connectivity index (χ1n) is 5.05. The van der Waals surface area contributed by atoms with Gasteiger partial charge in [-0.1, -0.05) is 25.1 Å². The normalized spacial score (nSPS) is 12.3. The minimum atomic E-state index is -0.908. The zero-order chi connectivity index (χ0) is 11.5. The van der Waals surface area contributed by atoms with Gasteiger partial charge in [0.15, 0.2) is 0 Å². The second-order valence-corrected chi connectivity index (χ2v) is 3.63. The van der Waals surface area contributed by atoms with Crippen LogP contribution >= 0.6 is 0 Å². The largest absolute Gasteiger partial charge is 0.478 e. The number of hydrogen-bond donors (Lipinski definition) is 1. The molecule has 0 fully saturated rings. The minimum Gasteiger partial charge on any atom is -0.478 e. The fourth-order valence-electron chi connectivity index (χ4n) is 1.76. The second-order valence-electron chi connectivity index (χ2n) is 3.63. The summed E-state index contributed by atoms with van der Waals surface area (Å²) >= 11 is 0. The predicted octanol–water partition coefficient (Wildman–Crippen LogP) is 3.13. The molecule has 3 heteroatoms. The van der Waals surface area contributed by atoms with Crippen molar-refractivity contribution in [3.63, 3.8) is 0 Å². The molecule has 16 heavy (non-hydrogen) atoms. The maximum absolute atomic E-state index is 11.1. The Kier molecular flexibility index (Phi) is 2.77. The average molecular weight is 216 g/mol. The van der Waals surface area contributed by atoms with E-state index >= 15 is 0 Å². The fourth-order valence-corrected chi connectivity index (χ4v) is 1.76. The van der Waals surface area contributed by atoms with E-state index in [-0.39, 0.29) is 5.92 Å². The Morgan fingerprint density at radius 2 is 2.00 bits per heavy atom. The Balaban J connectivity index is 2.44. The van der Waals surface area contributed by atoms with E-state index in [0.29, 0.717) is 5.56 Å². The van der Waals surface area contributed by atoms with E-state index in [9.17, 15) is 4.79 Å². The predicted molar refractivity (Wildman–Crippen MR) is 59.6 cm³/mol. The molecule has 0 aliphatic heterocycles. The first-order valence-corrected chi connectivity index (χ1v) is 5.05. The number of benzene rings is 1. The molecule has 0 radical (unpaired) electrons. The molecular formula is C13H12O3. The highest BCUT2D eigenvalue weighted by Gasteiger charge is 2.17. The summed E-state index contributed by atoms with van der Waals surface area (Å²) in [5.74, 6) is -0.190. The van der Waals surface area contributed by atoms with E-state index in [1.807, 2.05) is 25.1 Å². The van der Waals surface area contributed by atoms with Gasteiger partial charge in [0.2, 0.25) is 0 Å². The molecule has 1 aromatic heterocycles. The number of rotatable bonds is 3. The number of carboxylic acids is 1. The van der Waals surface area contributed by atoms with Crippen LogP contribution in [0.15, 0.2) is 47.1 Å². The smallest absolute Gasteiger partial charge is 0.335 e. The topological polar surface area (TPSA) is 50.4 Å². The summed E-state index contributed by atoms with van der Waals surface area (Å²) in [6.07, 6.45) is 1.59. The highest BCUT2D eigenvalue weighted by molar-refractivity contribution is 5.89. The molecule has 0 bridgehead atoms. The number of furan rings is 1. The molecule has 1 N–H and O–H groups in total. The van der Waals surface area contributed by atoms with Crippen LogP contribution in [0, 0.1) is 0 Å². The lowest BCUT2D eigenvalue weighted by atomic mass is 9.94. The van der Waals surface area contributed by atoms with E-state index in [4.69, 9.17) is 9.52 Å². The molecule has 0 saturated carbocycles. The lowest BCUT2D eigenvalue weighted by molar-refractivity contribution is 0.0695. The number of aromatic carboxylic acids is 1. The zero-order valence-electron chi connectivity index (χ0n) is 8.88. The van der Waals surface area contributed by atoms with E-state index in [2.05, 4.69) is 0 Å². The molecule has 2 rings (SSSR count). The van der Waals surface area contributed by atoms with Crippen molar-refractivity contribution >= 4 is 5.97 Å². The van der Waals surface area contributed by atoms with Crippen molar-refractivity contribution in [2.24, 2.45) is 0 Å². The molecule has 0 aliphatic rings. The van der Waals surface area contributed by atoms with Gasteiger partial charge in [0.1, 0.15) is 5.76 Å². The summed E-state index contributed by atoms with van der Waals surface area (Å²) < 4.78 is 5.29. The standard InChI is InChI=1S/C13H12O3/c1-9(12-7-4-8-16-12)10-5-2-3-6-11(10)13(14)15/h2-9H,1H3,(H,14,15)/t9-/m0/s1.